The van der Waals surface area contributed by atoms with E-state index in [0.717, 1.165) is 36.2 Å². The van der Waals surface area contributed by atoms with Crippen molar-refractivity contribution >= 4 is 45.9 Å². The molecule has 1 unspecified atom stereocenters. The molecule has 2 N–H and O–H groups in total. The number of nitrogens with one attached hydrogen (secondary N) is 1. The number of aromatic amines is 1. The van der Waals surface area contributed by atoms with Crippen molar-refractivity contribution in [2.24, 2.45) is 0 Å². The van der Waals surface area contributed by atoms with E-state index >= 15 is 0 Å². The molecular formula is C19H19Cl2N5O3. The van der Waals surface area contributed by atoms with Gasteiger partial charge in [-0.1, -0.05) is 34.5 Å². The van der Waals surface area contributed by atoms with Crippen LogP contribution in [0.1, 0.15) is 19.3 Å². The predicted octanol–water partition coefficient (Wildman–Crippen LogP) is 3.79. The van der Waals surface area contributed by atoms with Crippen LogP contribution in [0.5, 0.6) is 0 Å². The van der Waals surface area contributed by atoms with Gasteiger partial charge in [-0.15, -0.1) is 5.10 Å². The second-order valence-electron chi connectivity index (χ2n) is 6.85. The summed E-state index contributed by atoms with van der Waals surface area (Å²) < 4.78 is 5.59. The smallest absolute Gasteiger partial charge is 0.305 e. The number of hydrogen-bond donors (Lipinski definition) is 2. The number of carboxylic acids is 1. The molecule has 1 aromatic carbocycles. The third kappa shape index (κ3) is 4.14. The number of aliphatic carboxylic acids is 1. The summed E-state index contributed by atoms with van der Waals surface area (Å²) in [6.45, 7) is 1.45. The Morgan fingerprint density at radius 1 is 1.38 bits per heavy atom. The number of anilines is 1. The highest BCUT2D eigenvalue weighted by Gasteiger charge is 2.27. The number of rotatable bonds is 7. The number of aromatic nitrogens is 4. The first-order valence-electron chi connectivity index (χ1n) is 9.26. The molecule has 1 atom stereocenters. The van der Waals surface area contributed by atoms with Crippen LogP contribution in [0, 0.1) is 0 Å². The maximum absolute atomic E-state index is 10.7. The summed E-state index contributed by atoms with van der Waals surface area (Å²) in [5, 5.41) is 21.1. The summed E-state index contributed by atoms with van der Waals surface area (Å²) >= 11 is 12.7. The van der Waals surface area contributed by atoms with Crippen molar-refractivity contribution in [3.05, 3.63) is 34.4 Å². The van der Waals surface area contributed by atoms with Gasteiger partial charge in [0.15, 0.2) is 0 Å². The largest absolute Gasteiger partial charge is 0.481 e. The van der Waals surface area contributed by atoms with Gasteiger partial charge < -0.3 is 14.7 Å². The quantitative estimate of drug-likeness (QED) is 0.543. The minimum absolute atomic E-state index is 0.00857. The van der Waals surface area contributed by atoms with Crippen LogP contribution in [0.15, 0.2) is 24.4 Å². The average Bonchev–Trinajstić information content (AvgIpc) is 3.39. The third-order valence-electron chi connectivity index (χ3n) is 4.99. The highest BCUT2D eigenvalue weighted by atomic mass is 35.5. The van der Waals surface area contributed by atoms with Crippen molar-refractivity contribution in [3.63, 3.8) is 0 Å². The van der Waals surface area contributed by atoms with Crippen molar-refractivity contribution in [2.75, 3.05) is 24.7 Å². The number of carbonyl (C=O) groups is 1. The molecule has 10 heteroatoms. The zero-order valence-electron chi connectivity index (χ0n) is 15.4. The van der Waals surface area contributed by atoms with Crippen molar-refractivity contribution in [1.82, 2.24) is 20.4 Å². The van der Waals surface area contributed by atoms with Gasteiger partial charge in [0.1, 0.15) is 11.5 Å². The fraction of sp³-hybridized carbons (Fsp3) is 0.368. The fourth-order valence-electron chi connectivity index (χ4n) is 3.60. The van der Waals surface area contributed by atoms with Gasteiger partial charge in [-0.05, 0) is 25.0 Å². The Balaban J connectivity index is 1.69. The Bertz CT molecular complexity index is 1030. The minimum atomic E-state index is -0.867. The van der Waals surface area contributed by atoms with Crippen LogP contribution in [-0.4, -0.2) is 57.3 Å². The van der Waals surface area contributed by atoms with E-state index in [1.807, 2.05) is 12.1 Å². The van der Waals surface area contributed by atoms with Gasteiger partial charge in [-0.2, -0.15) is 0 Å². The summed E-state index contributed by atoms with van der Waals surface area (Å²) in [4.78, 5) is 17.6. The highest BCUT2D eigenvalue weighted by molar-refractivity contribution is 6.45. The van der Waals surface area contributed by atoms with Crippen molar-refractivity contribution < 1.29 is 14.6 Å². The first kappa shape index (κ1) is 19.9. The molecule has 3 heterocycles. The Hall–Kier alpha value is -2.42. The first-order chi connectivity index (χ1) is 14.0. The number of ether oxygens (including phenoxy) is 1. The highest BCUT2D eigenvalue weighted by Crippen LogP contribution is 2.38. The Morgan fingerprint density at radius 3 is 3.00 bits per heavy atom. The third-order valence-corrected chi connectivity index (χ3v) is 5.79. The molecular weight excluding hydrogens is 417 g/mol. The standard InChI is InChI=1S/C19H19Cl2N5O3/c20-14-4-3-12-13(15-9-22-25-24-15)8-16(23-19(12)18(14)21)26-6-1-2-11(26)10-29-7-5-17(27)28/h3-4,8-9,11H,1-2,5-7,10H2,(H,27,28)(H,22,24,25). The normalized spacial score (nSPS) is 16.6. The van der Waals surface area contributed by atoms with E-state index in [4.69, 9.17) is 38.0 Å². The zero-order valence-corrected chi connectivity index (χ0v) is 16.9. The average molecular weight is 436 g/mol. The summed E-state index contributed by atoms with van der Waals surface area (Å²) in [7, 11) is 0. The van der Waals surface area contributed by atoms with E-state index in [0.29, 0.717) is 27.9 Å². The molecule has 29 heavy (non-hydrogen) atoms. The number of nitrogens with zero attached hydrogens (tertiary/aromatic N) is 4. The van der Waals surface area contributed by atoms with Crippen molar-refractivity contribution in [2.45, 2.75) is 25.3 Å². The van der Waals surface area contributed by atoms with Crippen LogP contribution in [0.3, 0.4) is 0 Å². The molecule has 0 aliphatic carbocycles. The van der Waals surface area contributed by atoms with Crippen LogP contribution in [0.4, 0.5) is 5.82 Å². The van der Waals surface area contributed by atoms with E-state index < -0.39 is 5.97 Å². The molecule has 0 radical (unpaired) electrons. The first-order valence-corrected chi connectivity index (χ1v) is 10.0. The molecule has 0 amide bonds. The molecule has 1 saturated heterocycles. The fourth-order valence-corrected chi connectivity index (χ4v) is 3.96. The van der Waals surface area contributed by atoms with Gasteiger partial charge in [0.25, 0.3) is 0 Å². The Labute approximate surface area is 176 Å². The minimum Gasteiger partial charge on any atom is -0.481 e. The van der Waals surface area contributed by atoms with Crippen LogP contribution < -0.4 is 4.90 Å². The number of benzene rings is 1. The van der Waals surface area contributed by atoms with Gasteiger partial charge in [-0.3, -0.25) is 9.89 Å². The topological polar surface area (TPSA) is 104 Å². The summed E-state index contributed by atoms with van der Waals surface area (Å²) in [6, 6.07) is 5.70. The van der Waals surface area contributed by atoms with Gasteiger partial charge in [0.05, 0.1) is 47.4 Å². The lowest BCUT2D eigenvalue weighted by molar-refractivity contribution is -0.138. The summed E-state index contributed by atoms with van der Waals surface area (Å²) in [6.07, 6.45) is 3.65. The van der Waals surface area contributed by atoms with E-state index in [2.05, 4.69) is 20.3 Å². The molecule has 152 valence electrons. The zero-order chi connectivity index (χ0) is 20.4. The molecule has 3 aromatic rings. The van der Waals surface area contributed by atoms with Crippen molar-refractivity contribution in [1.29, 1.82) is 0 Å². The van der Waals surface area contributed by atoms with Crippen LogP contribution in [-0.2, 0) is 9.53 Å². The molecule has 4 rings (SSSR count). The van der Waals surface area contributed by atoms with Gasteiger partial charge in [0.2, 0.25) is 0 Å². The number of carboxylic acid groups (broad SMARTS) is 1. The van der Waals surface area contributed by atoms with Gasteiger partial charge in [-0.25, -0.2) is 4.98 Å². The monoisotopic (exact) mass is 435 g/mol. The van der Waals surface area contributed by atoms with E-state index in [1.54, 1.807) is 12.3 Å². The number of hydrogen-bond acceptors (Lipinski definition) is 6. The lowest BCUT2D eigenvalue weighted by atomic mass is 10.1. The van der Waals surface area contributed by atoms with E-state index in [-0.39, 0.29) is 19.1 Å². The summed E-state index contributed by atoms with van der Waals surface area (Å²) in [5.41, 5.74) is 2.15. The Kier molecular flexibility index (Phi) is 5.84. The predicted molar refractivity (Wildman–Crippen MR) is 111 cm³/mol. The molecule has 1 aliphatic heterocycles. The number of fused-ring (bicyclic) bond motifs is 1. The molecule has 1 aliphatic rings. The summed E-state index contributed by atoms with van der Waals surface area (Å²) in [5.74, 6) is -0.114. The maximum atomic E-state index is 10.7. The van der Waals surface area contributed by atoms with Gasteiger partial charge in [0, 0.05) is 17.5 Å². The van der Waals surface area contributed by atoms with E-state index in [1.165, 1.54) is 0 Å². The van der Waals surface area contributed by atoms with E-state index in [9.17, 15) is 4.79 Å². The molecule has 0 bridgehead atoms. The molecule has 2 aromatic heterocycles. The number of halogens is 2. The Morgan fingerprint density at radius 2 is 2.24 bits per heavy atom. The number of H-pyrrole nitrogens is 1. The molecule has 8 nitrogen and oxygen atoms in total. The van der Waals surface area contributed by atoms with Crippen molar-refractivity contribution in [3.8, 4) is 11.3 Å². The second-order valence-corrected chi connectivity index (χ2v) is 7.64. The molecule has 1 fully saturated rings. The lowest BCUT2D eigenvalue weighted by Crippen LogP contribution is -2.34. The van der Waals surface area contributed by atoms with Crippen LogP contribution in [0.2, 0.25) is 10.0 Å². The van der Waals surface area contributed by atoms with Crippen LogP contribution >= 0.6 is 23.2 Å². The number of pyridine rings is 1. The molecule has 0 spiro atoms. The van der Waals surface area contributed by atoms with Crippen LogP contribution in [0.25, 0.3) is 22.2 Å². The second kappa shape index (κ2) is 8.52. The molecule has 0 saturated carbocycles. The lowest BCUT2D eigenvalue weighted by Gasteiger charge is -2.26. The SMILES string of the molecule is O=C(O)CCOCC1CCCN1c1cc(-c2c[nH]nn2)c2ccc(Cl)c(Cl)c2n1. The maximum Gasteiger partial charge on any atom is 0.305 e. The van der Waals surface area contributed by atoms with Gasteiger partial charge >= 0.3 is 5.97 Å².